The first kappa shape index (κ1) is 11.5. The number of fused-ring (bicyclic) bond motifs is 3. The molecular weight excluding hydrogens is 228 g/mol. The van der Waals surface area contributed by atoms with Gasteiger partial charge in [0, 0.05) is 23.0 Å². The molecule has 1 aromatic heterocycles. The average Bonchev–Trinajstić information content (AvgIpc) is 2.72. The Morgan fingerprint density at radius 1 is 1.56 bits per heavy atom. The summed E-state index contributed by atoms with van der Waals surface area (Å²) in [5.74, 6) is 0.927. The molecule has 5 heteroatoms. The fraction of sp³-hybridized carbons (Fsp3) is 0.462. The van der Waals surface area contributed by atoms with Gasteiger partial charge in [-0.3, -0.25) is 4.68 Å². The van der Waals surface area contributed by atoms with Gasteiger partial charge in [-0.05, 0) is 25.5 Å². The van der Waals surface area contributed by atoms with Crippen LogP contribution in [0.25, 0.3) is 10.9 Å². The van der Waals surface area contributed by atoms with Crippen LogP contribution in [-0.2, 0) is 13.0 Å². The lowest BCUT2D eigenvalue weighted by molar-refractivity contribution is 0.264. The second kappa shape index (κ2) is 4.26. The summed E-state index contributed by atoms with van der Waals surface area (Å²) in [6, 6.07) is 4.17. The smallest absolute Gasteiger partial charge is 0.124 e. The van der Waals surface area contributed by atoms with Crippen molar-refractivity contribution in [2.75, 3.05) is 6.61 Å². The maximum Gasteiger partial charge on any atom is 0.124 e. The van der Waals surface area contributed by atoms with E-state index >= 15 is 0 Å². The summed E-state index contributed by atoms with van der Waals surface area (Å²) >= 11 is 0. The molecule has 1 aromatic carbocycles. The molecule has 0 radical (unpaired) electrons. The van der Waals surface area contributed by atoms with E-state index in [1.165, 1.54) is 0 Å². The van der Waals surface area contributed by atoms with Crippen molar-refractivity contribution in [2.24, 2.45) is 11.5 Å². The Bertz CT molecular complexity index is 576. The van der Waals surface area contributed by atoms with Crippen LogP contribution in [0.5, 0.6) is 5.75 Å². The van der Waals surface area contributed by atoms with Crippen LogP contribution in [-0.4, -0.2) is 28.5 Å². The van der Waals surface area contributed by atoms with Gasteiger partial charge in [-0.1, -0.05) is 0 Å². The predicted molar refractivity (Wildman–Crippen MR) is 70.6 cm³/mol. The average molecular weight is 246 g/mol. The molecule has 0 aliphatic carbocycles. The molecule has 18 heavy (non-hydrogen) atoms. The van der Waals surface area contributed by atoms with Crippen molar-refractivity contribution in [3.63, 3.8) is 0 Å². The second-order valence-electron chi connectivity index (χ2n) is 5.06. The Morgan fingerprint density at radius 3 is 3.17 bits per heavy atom. The molecule has 4 N–H and O–H groups in total. The first-order valence-electron chi connectivity index (χ1n) is 6.26. The molecule has 0 bridgehead atoms. The summed E-state index contributed by atoms with van der Waals surface area (Å²) in [6.07, 6.45) is 2.70. The van der Waals surface area contributed by atoms with Crippen molar-refractivity contribution >= 4 is 10.9 Å². The Labute approximate surface area is 106 Å². The van der Waals surface area contributed by atoms with Crippen molar-refractivity contribution in [3.8, 4) is 5.75 Å². The molecule has 2 aromatic rings. The summed E-state index contributed by atoms with van der Waals surface area (Å²) < 4.78 is 7.63. The van der Waals surface area contributed by atoms with Crippen LogP contribution in [0.4, 0.5) is 0 Å². The summed E-state index contributed by atoms with van der Waals surface area (Å²) in [5, 5.41) is 5.53. The van der Waals surface area contributed by atoms with Crippen LogP contribution in [0.15, 0.2) is 18.3 Å². The maximum absolute atomic E-state index is 5.98. The highest BCUT2D eigenvalue weighted by Gasteiger charge is 2.21. The second-order valence-corrected chi connectivity index (χ2v) is 5.06. The van der Waals surface area contributed by atoms with Crippen molar-refractivity contribution < 1.29 is 4.74 Å². The number of hydrogen-bond acceptors (Lipinski definition) is 4. The van der Waals surface area contributed by atoms with Gasteiger partial charge in [-0.2, -0.15) is 5.10 Å². The minimum absolute atomic E-state index is 0.0572. The minimum Gasteiger partial charge on any atom is -0.492 e. The summed E-state index contributed by atoms with van der Waals surface area (Å²) in [7, 11) is 0. The molecule has 0 saturated heterocycles. The van der Waals surface area contributed by atoms with Crippen LogP contribution < -0.4 is 16.2 Å². The zero-order valence-corrected chi connectivity index (χ0v) is 10.5. The van der Waals surface area contributed by atoms with E-state index in [2.05, 4.69) is 5.10 Å². The van der Waals surface area contributed by atoms with Crippen molar-refractivity contribution in [3.05, 3.63) is 23.9 Å². The number of rotatable bonds is 2. The number of ether oxygens (including phenoxy) is 1. The van der Waals surface area contributed by atoms with Crippen molar-refractivity contribution in [1.29, 1.82) is 0 Å². The lowest BCUT2D eigenvalue weighted by Crippen LogP contribution is -2.34. The topological polar surface area (TPSA) is 79.1 Å². The van der Waals surface area contributed by atoms with Crippen molar-refractivity contribution in [1.82, 2.24) is 9.78 Å². The Morgan fingerprint density at radius 2 is 2.39 bits per heavy atom. The molecule has 3 rings (SSSR count). The molecule has 2 heterocycles. The quantitative estimate of drug-likeness (QED) is 0.815. The number of benzene rings is 1. The standard InChI is InChI=1S/C13H18N4O/c1-8(14)6-17-13-9(5-16-17)2-3-12-11(13)4-10(15)7-18-12/h2-3,5,8,10H,4,6-7,14-15H2,1H3/t8-,10+/m0/s1. The summed E-state index contributed by atoms with van der Waals surface area (Å²) in [5.41, 5.74) is 14.1. The number of nitrogens with zero attached hydrogens (tertiary/aromatic N) is 2. The molecule has 0 unspecified atom stereocenters. The van der Waals surface area contributed by atoms with E-state index in [4.69, 9.17) is 16.2 Å². The number of nitrogens with two attached hydrogens (primary N) is 2. The van der Waals surface area contributed by atoms with E-state index in [0.29, 0.717) is 13.2 Å². The molecule has 96 valence electrons. The van der Waals surface area contributed by atoms with E-state index in [1.54, 1.807) is 0 Å². The van der Waals surface area contributed by atoms with Gasteiger partial charge in [-0.25, -0.2) is 0 Å². The van der Waals surface area contributed by atoms with E-state index in [9.17, 15) is 0 Å². The Balaban J connectivity index is 2.16. The third kappa shape index (κ3) is 1.85. The van der Waals surface area contributed by atoms with Gasteiger partial charge in [0.05, 0.1) is 18.3 Å². The first-order chi connectivity index (χ1) is 8.65. The molecule has 0 spiro atoms. The SMILES string of the molecule is C[C@H](N)Cn1ncc2ccc3c(c21)C[C@@H](N)CO3. The van der Waals surface area contributed by atoms with E-state index in [-0.39, 0.29) is 12.1 Å². The van der Waals surface area contributed by atoms with E-state index in [1.807, 2.05) is 29.9 Å². The molecular formula is C13H18N4O. The fourth-order valence-corrected chi connectivity index (χ4v) is 2.50. The first-order valence-corrected chi connectivity index (χ1v) is 6.26. The maximum atomic E-state index is 5.98. The van der Waals surface area contributed by atoms with Gasteiger partial charge in [-0.15, -0.1) is 0 Å². The highest BCUT2D eigenvalue weighted by molar-refractivity contribution is 5.84. The molecule has 0 fully saturated rings. The zero-order valence-electron chi connectivity index (χ0n) is 10.5. The third-order valence-electron chi connectivity index (χ3n) is 3.25. The lowest BCUT2D eigenvalue weighted by atomic mass is 10.0. The Hall–Kier alpha value is -1.59. The van der Waals surface area contributed by atoms with E-state index in [0.717, 1.165) is 28.6 Å². The largest absolute Gasteiger partial charge is 0.492 e. The summed E-state index contributed by atoms with van der Waals surface area (Å²) in [4.78, 5) is 0. The predicted octanol–water partition coefficient (Wildman–Crippen LogP) is 0.646. The normalized spacial score (nSPS) is 20.5. The van der Waals surface area contributed by atoms with Gasteiger partial charge < -0.3 is 16.2 Å². The van der Waals surface area contributed by atoms with Crippen LogP contribution in [0.2, 0.25) is 0 Å². The van der Waals surface area contributed by atoms with Crippen LogP contribution >= 0.6 is 0 Å². The lowest BCUT2D eigenvalue weighted by Gasteiger charge is -2.23. The number of hydrogen-bond donors (Lipinski definition) is 2. The summed E-state index contributed by atoms with van der Waals surface area (Å²) in [6.45, 7) is 3.26. The van der Waals surface area contributed by atoms with Crippen LogP contribution in [0.3, 0.4) is 0 Å². The minimum atomic E-state index is 0.0572. The zero-order chi connectivity index (χ0) is 12.7. The van der Waals surface area contributed by atoms with Gasteiger partial charge >= 0.3 is 0 Å². The number of aromatic nitrogens is 2. The van der Waals surface area contributed by atoms with Crippen LogP contribution in [0.1, 0.15) is 12.5 Å². The molecule has 5 nitrogen and oxygen atoms in total. The molecule has 0 saturated carbocycles. The van der Waals surface area contributed by atoms with Gasteiger partial charge in [0.25, 0.3) is 0 Å². The molecule has 0 amide bonds. The van der Waals surface area contributed by atoms with Crippen molar-refractivity contribution in [2.45, 2.75) is 32.0 Å². The molecule has 1 aliphatic rings. The molecule has 1 aliphatic heterocycles. The van der Waals surface area contributed by atoms with Gasteiger partial charge in [0.15, 0.2) is 0 Å². The monoisotopic (exact) mass is 246 g/mol. The van der Waals surface area contributed by atoms with Crippen LogP contribution in [0, 0.1) is 0 Å². The fourth-order valence-electron chi connectivity index (χ4n) is 2.50. The third-order valence-corrected chi connectivity index (χ3v) is 3.25. The Kier molecular flexibility index (Phi) is 2.72. The highest BCUT2D eigenvalue weighted by Crippen LogP contribution is 2.31. The van der Waals surface area contributed by atoms with Gasteiger partial charge in [0.1, 0.15) is 12.4 Å². The highest BCUT2D eigenvalue weighted by atomic mass is 16.5. The van der Waals surface area contributed by atoms with Gasteiger partial charge in [0.2, 0.25) is 0 Å². The molecule has 2 atom stereocenters. The van der Waals surface area contributed by atoms with E-state index < -0.39 is 0 Å².